The van der Waals surface area contributed by atoms with E-state index in [1.165, 1.54) is 4.90 Å². The van der Waals surface area contributed by atoms with Crippen molar-refractivity contribution in [3.63, 3.8) is 0 Å². The van der Waals surface area contributed by atoms with E-state index in [4.69, 9.17) is 16.3 Å². The number of carbonyl (C=O) groups is 2. The third kappa shape index (κ3) is 3.44. The van der Waals surface area contributed by atoms with Gasteiger partial charge in [0.05, 0.1) is 18.7 Å². The van der Waals surface area contributed by atoms with E-state index in [1.54, 1.807) is 55.6 Å². The van der Waals surface area contributed by atoms with Crippen LogP contribution in [0.3, 0.4) is 0 Å². The van der Waals surface area contributed by atoms with E-state index in [9.17, 15) is 14.7 Å². The average Bonchev–Trinajstić information content (AvgIpc) is 3.05. The highest BCUT2D eigenvalue weighted by molar-refractivity contribution is 6.51. The van der Waals surface area contributed by atoms with Crippen molar-refractivity contribution >= 4 is 34.7 Å². The van der Waals surface area contributed by atoms with E-state index in [2.05, 4.69) is 0 Å². The number of ketones is 1. The number of halogens is 1. The topological polar surface area (TPSA) is 66.8 Å². The molecule has 4 rings (SSSR count). The summed E-state index contributed by atoms with van der Waals surface area (Å²) in [6, 6.07) is 21.7. The standard InChI is InChI=1S/C24H18ClNO4/c1-30-19-13-11-18(12-14-19)26-21(15-5-3-2-4-6-15)20(23(28)24(26)29)22(27)16-7-9-17(25)10-8-16/h2-14,21,27H,1H3/b22-20+/t21-/m0/s1. The number of hydrogen-bond acceptors (Lipinski definition) is 4. The number of nitrogens with zero attached hydrogens (tertiary/aromatic N) is 1. The molecule has 1 atom stereocenters. The smallest absolute Gasteiger partial charge is 0.300 e. The fourth-order valence-electron chi connectivity index (χ4n) is 3.56. The Hall–Kier alpha value is -3.57. The minimum Gasteiger partial charge on any atom is -0.507 e. The van der Waals surface area contributed by atoms with Crippen molar-refractivity contribution < 1.29 is 19.4 Å². The van der Waals surface area contributed by atoms with Crippen molar-refractivity contribution in [2.24, 2.45) is 0 Å². The third-order valence-electron chi connectivity index (χ3n) is 5.03. The Morgan fingerprint density at radius 3 is 2.17 bits per heavy atom. The highest BCUT2D eigenvalue weighted by Gasteiger charge is 2.46. The van der Waals surface area contributed by atoms with Crippen LogP contribution in [0, 0.1) is 0 Å². The lowest BCUT2D eigenvalue weighted by Gasteiger charge is -2.25. The van der Waals surface area contributed by atoms with Crippen LogP contribution in [0.2, 0.25) is 5.02 Å². The van der Waals surface area contributed by atoms with Crippen molar-refractivity contribution in [3.05, 3.63) is 101 Å². The number of Topliss-reactive ketones (excluding diaryl/α,β-unsaturated/α-hetero) is 1. The summed E-state index contributed by atoms with van der Waals surface area (Å²) in [5, 5.41) is 11.5. The molecular formula is C24H18ClNO4. The lowest BCUT2D eigenvalue weighted by molar-refractivity contribution is -0.132. The highest BCUT2D eigenvalue weighted by Crippen LogP contribution is 2.42. The largest absolute Gasteiger partial charge is 0.507 e. The van der Waals surface area contributed by atoms with E-state index in [0.717, 1.165) is 0 Å². The van der Waals surface area contributed by atoms with Gasteiger partial charge in [0, 0.05) is 16.3 Å². The van der Waals surface area contributed by atoms with Gasteiger partial charge in [-0.25, -0.2) is 0 Å². The number of anilines is 1. The first-order chi connectivity index (χ1) is 14.5. The second-order valence-electron chi connectivity index (χ2n) is 6.78. The molecule has 1 aliphatic heterocycles. The number of aliphatic hydroxyl groups excluding tert-OH is 1. The lowest BCUT2D eigenvalue weighted by atomic mass is 9.95. The minimum atomic E-state index is -0.768. The molecule has 1 saturated heterocycles. The molecule has 0 aromatic heterocycles. The first-order valence-corrected chi connectivity index (χ1v) is 9.65. The molecule has 6 heteroatoms. The molecule has 30 heavy (non-hydrogen) atoms. The maximum atomic E-state index is 13.0. The van der Waals surface area contributed by atoms with Crippen LogP contribution in [0.5, 0.6) is 5.75 Å². The quantitative estimate of drug-likeness (QED) is 0.368. The second-order valence-corrected chi connectivity index (χ2v) is 7.22. The summed E-state index contributed by atoms with van der Waals surface area (Å²) in [5.74, 6) is -1.06. The maximum Gasteiger partial charge on any atom is 0.300 e. The fourth-order valence-corrected chi connectivity index (χ4v) is 3.68. The zero-order valence-electron chi connectivity index (χ0n) is 16.1. The van der Waals surface area contributed by atoms with Gasteiger partial charge in [0.1, 0.15) is 11.5 Å². The molecule has 0 saturated carbocycles. The first kappa shape index (κ1) is 19.7. The van der Waals surface area contributed by atoms with E-state index in [0.29, 0.717) is 27.6 Å². The van der Waals surface area contributed by atoms with Gasteiger partial charge in [0.15, 0.2) is 0 Å². The number of amides is 1. The molecule has 3 aromatic rings. The summed E-state index contributed by atoms with van der Waals surface area (Å²) in [4.78, 5) is 27.4. The Balaban J connectivity index is 1.90. The molecule has 0 bridgehead atoms. The summed E-state index contributed by atoms with van der Waals surface area (Å²) in [6.45, 7) is 0. The van der Waals surface area contributed by atoms with Crippen LogP contribution >= 0.6 is 11.6 Å². The van der Waals surface area contributed by atoms with Crippen LogP contribution in [-0.4, -0.2) is 23.9 Å². The molecule has 150 valence electrons. The summed E-state index contributed by atoms with van der Waals surface area (Å²) in [5.41, 5.74) is 1.68. The molecule has 1 heterocycles. The molecule has 5 nitrogen and oxygen atoms in total. The molecule has 1 amide bonds. The van der Waals surface area contributed by atoms with Crippen molar-refractivity contribution in [2.45, 2.75) is 6.04 Å². The fraction of sp³-hybridized carbons (Fsp3) is 0.0833. The number of rotatable bonds is 4. The van der Waals surface area contributed by atoms with Gasteiger partial charge in [-0.3, -0.25) is 14.5 Å². The number of aliphatic hydroxyl groups is 1. The van der Waals surface area contributed by atoms with Crippen LogP contribution in [0.1, 0.15) is 17.2 Å². The summed E-state index contributed by atoms with van der Waals surface area (Å²) in [6.07, 6.45) is 0. The maximum absolute atomic E-state index is 13.0. The van der Waals surface area contributed by atoms with Gasteiger partial charge in [-0.1, -0.05) is 41.9 Å². The number of benzene rings is 3. The van der Waals surface area contributed by atoms with E-state index in [1.807, 2.05) is 30.3 Å². The Kier molecular flexibility index (Phi) is 5.29. The van der Waals surface area contributed by atoms with Gasteiger partial charge in [0.2, 0.25) is 0 Å². The van der Waals surface area contributed by atoms with Crippen LogP contribution in [0.25, 0.3) is 5.76 Å². The van der Waals surface area contributed by atoms with Crippen molar-refractivity contribution in [1.29, 1.82) is 0 Å². The Bertz CT molecular complexity index is 1120. The normalized spacial score (nSPS) is 17.9. The van der Waals surface area contributed by atoms with Gasteiger partial charge in [0.25, 0.3) is 11.7 Å². The van der Waals surface area contributed by atoms with Crippen LogP contribution in [-0.2, 0) is 9.59 Å². The molecule has 0 spiro atoms. The third-order valence-corrected chi connectivity index (χ3v) is 5.28. The van der Waals surface area contributed by atoms with E-state index < -0.39 is 17.7 Å². The Morgan fingerprint density at radius 2 is 1.57 bits per heavy atom. The SMILES string of the molecule is COc1ccc(N2C(=O)C(=O)/C(=C(/O)c3ccc(Cl)cc3)[C@@H]2c2ccccc2)cc1. The van der Waals surface area contributed by atoms with E-state index >= 15 is 0 Å². The summed E-state index contributed by atoms with van der Waals surface area (Å²) >= 11 is 5.94. The number of hydrogen-bond donors (Lipinski definition) is 1. The first-order valence-electron chi connectivity index (χ1n) is 9.27. The van der Waals surface area contributed by atoms with Gasteiger partial charge < -0.3 is 9.84 Å². The summed E-state index contributed by atoms with van der Waals surface area (Å²) in [7, 11) is 1.55. The van der Waals surface area contributed by atoms with Gasteiger partial charge >= 0.3 is 0 Å². The molecule has 0 radical (unpaired) electrons. The lowest BCUT2D eigenvalue weighted by Crippen LogP contribution is -2.29. The van der Waals surface area contributed by atoms with Crippen molar-refractivity contribution in [1.82, 2.24) is 0 Å². The molecule has 0 aliphatic carbocycles. The number of carbonyl (C=O) groups excluding carboxylic acids is 2. The average molecular weight is 420 g/mol. The number of methoxy groups -OCH3 is 1. The van der Waals surface area contributed by atoms with Crippen LogP contribution in [0.4, 0.5) is 5.69 Å². The molecular weight excluding hydrogens is 402 g/mol. The van der Waals surface area contributed by atoms with Gasteiger partial charge in [-0.15, -0.1) is 0 Å². The summed E-state index contributed by atoms with van der Waals surface area (Å²) < 4.78 is 5.19. The molecule has 0 unspecified atom stereocenters. The van der Waals surface area contributed by atoms with Gasteiger partial charge in [-0.05, 0) is 54.1 Å². The molecule has 1 N–H and O–H groups in total. The Morgan fingerprint density at radius 1 is 0.933 bits per heavy atom. The Labute approximate surface area is 178 Å². The van der Waals surface area contributed by atoms with Crippen LogP contribution < -0.4 is 9.64 Å². The number of ether oxygens (including phenoxy) is 1. The van der Waals surface area contributed by atoms with Crippen molar-refractivity contribution in [2.75, 3.05) is 12.0 Å². The monoisotopic (exact) mass is 419 g/mol. The van der Waals surface area contributed by atoms with Gasteiger partial charge in [-0.2, -0.15) is 0 Å². The zero-order chi connectivity index (χ0) is 21.3. The van der Waals surface area contributed by atoms with Crippen molar-refractivity contribution in [3.8, 4) is 5.75 Å². The molecule has 3 aromatic carbocycles. The molecule has 1 aliphatic rings. The van der Waals surface area contributed by atoms with E-state index in [-0.39, 0.29) is 11.3 Å². The van der Waals surface area contributed by atoms with Crippen LogP contribution in [0.15, 0.2) is 84.4 Å². The predicted molar refractivity (Wildman–Crippen MR) is 116 cm³/mol. The highest BCUT2D eigenvalue weighted by atomic mass is 35.5. The predicted octanol–water partition coefficient (Wildman–Crippen LogP) is 4.97. The molecule has 1 fully saturated rings. The zero-order valence-corrected chi connectivity index (χ0v) is 16.8. The second kappa shape index (κ2) is 8.05. The minimum absolute atomic E-state index is 0.0318.